The zero-order chi connectivity index (χ0) is 16.4. The van der Waals surface area contributed by atoms with Gasteiger partial charge in [0, 0.05) is 16.6 Å². The molecule has 0 bridgehead atoms. The van der Waals surface area contributed by atoms with Crippen LogP contribution in [-0.4, -0.2) is 16.1 Å². The molecular weight excluding hydrogens is 290 g/mol. The molecule has 0 saturated heterocycles. The van der Waals surface area contributed by atoms with Crippen LogP contribution in [0.25, 0.3) is 10.9 Å². The van der Waals surface area contributed by atoms with Crippen molar-refractivity contribution in [1.82, 2.24) is 4.98 Å². The number of nitrogens with one attached hydrogen (secondary N) is 1. The van der Waals surface area contributed by atoms with E-state index in [-0.39, 0.29) is 6.42 Å². The first kappa shape index (κ1) is 15.2. The van der Waals surface area contributed by atoms with Gasteiger partial charge in [-0.1, -0.05) is 30.3 Å². The van der Waals surface area contributed by atoms with Crippen LogP contribution in [0.2, 0.25) is 0 Å². The number of hydrogen-bond donors (Lipinski definition) is 2. The van der Waals surface area contributed by atoms with E-state index in [1.54, 1.807) is 0 Å². The van der Waals surface area contributed by atoms with Gasteiger partial charge in [-0.2, -0.15) is 0 Å². The van der Waals surface area contributed by atoms with E-state index in [1.165, 1.54) is 0 Å². The maximum Gasteiger partial charge on any atom is 0.307 e. The number of aromatic amines is 1. The van der Waals surface area contributed by atoms with E-state index in [9.17, 15) is 4.79 Å². The van der Waals surface area contributed by atoms with E-state index in [0.29, 0.717) is 6.61 Å². The Balaban J connectivity index is 1.94. The zero-order valence-corrected chi connectivity index (χ0v) is 13.2. The van der Waals surface area contributed by atoms with Gasteiger partial charge in [-0.25, -0.2) is 0 Å². The lowest BCUT2D eigenvalue weighted by atomic mass is 10.1. The van der Waals surface area contributed by atoms with E-state index >= 15 is 0 Å². The van der Waals surface area contributed by atoms with Gasteiger partial charge >= 0.3 is 5.97 Å². The minimum absolute atomic E-state index is 0.00735. The predicted octanol–water partition coefficient (Wildman–Crippen LogP) is 3.99. The molecule has 4 nitrogen and oxygen atoms in total. The molecular formula is C19H19NO3. The van der Waals surface area contributed by atoms with Crippen LogP contribution < -0.4 is 4.74 Å². The van der Waals surface area contributed by atoms with E-state index in [4.69, 9.17) is 9.84 Å². The number of ether oxygens (including phenoxy) is 1. The molecule has 0 fully saturated rings. The third kappa shape index (κ3) is 3.21. The van der Waals surface area contributed by atoms with E-state index in [2.05, 4.69) is 4.98 Å². The molecule has 0 aliphatic heterocycles. The number of hydrogen-bond acceptors (Lipinski definition) is 2. The highest BCUT2D eigenvalue weighted by Crippen LogP contribution is 2.30. The Labute approximate surface area is 134 Å². The standard InChI is InChI=1S/C19H19NO3/c1-12-8-15(23-11-14-6-4-3-5-7-14)9-17-16(10-18(21)22)13(2)20-19(12)17/h3-9,20H,10-11H2,1-2H3,(H,21,22). The summed E-state index contributed by atoms with van der Waals surface area (Å²) in [6.45, 7) is 4.39. The summed E-state index contributed by atoms with van der Waals surface area (Å²) in [6.07, 6.45) is 0.00735. The number of carbonyl (C=O) groups is 1. The van der Waals surface area contributed by atoms with Crippen molar-refractivity contribution < 1.29 is 14.6 Å². The summed E-state index contributed by atoms with van der Waals surface area (Å²) in [6, 6.07) is 13.9. The van der Waals surface area contributed by atoms with Crippen LogP contribution in [0.3, 0.4) is 0 Å². The number of aryl methyl sites for hydroxylation is 2. The zero-order valence-electron chi connectivity index (χ0n) is 13.2. The van der Waals surface area contributed by atoms with E-state index < -0.39 is 5.97 Å². The molecule has 4 heteroatoms. The molecule has 0 aliphatic rings. The summed E-state index contributed by atoms with van der Waals surface area (Å²) in [4.78, 5) is 14.4. The second kappa shape index (κ2) is 6.16. The molecule has 3 rings (SSSR count). The monoisotopic (exact) mass is 309 g/mol. The summed E-state index contributed by atoms with van der Waals surface area (Å²) in [5.41, 5.74) is 4.84. The number of carboxylic acid groups (broad SMARTS) is 1. The third-order valence-corrected chi connectivity index (χ3v) is 3.98. The van der Waals surface area contributed by atoms with Gasteiger partial charge < -0.3 is 14.8 Å². The van der Waals surface area contributed by atoms with Crippen molar-refractivity contribution in [3.05, 3.63) is 64.8 Å². The Morgan fingerprint density at radius 2 is 1.91 bits per heavy atom. The second-order valence-electron chi connectivity index (χ2n) is 5.74. The molecule has 3 aromatic rings. The smallest absolute Gasteiger partial charge is 0.307 e. The summed E-state index contributed by atoms with van der Waals surface area (Å²) >= 11 is 0. The first-order valence-corrected chi connectivity index (χ1v) is 7.55. The van der Waals surface area contributed by atoms with Gasteiger partial charge in [-0.3, -0.25) is 4.79 Å². The van der Waals surface area contributed by atoms with Crippen LogP contribution in [-0.2, 0) is 17.8 Å². The summed E-state index contributed by atoms with van der Waals surface area (Å²) in [5, 5.41) is 10.0. The molecule has 0 radical (unpaired) electrons. The van der Waals surface area contributed by atoms with E-state index in [0.717, 1.165) is 39.0 Å². The van der Waals surface area contributed by atoms with Crippen LogP contribution in [0.1, 0.15) is 22.4 Å². The molecule has 1 aromatic heterocycles. The lowest BCUT2D eigenvalue weighted by Gasteiger charge is -2.08. The van der Waals surface area contributed by atoms with Crippen LogP contribution in [0.15, 0.2) is 42.5 Å². The van der Waals surface area contributed by atoms with Crippen LogP contribution >= 0.6 is 0 Å². The molecule has 0 atom stereocenters. The van der Waals surface area contributed by atoms with Gasteiger partial charge in [-0.15, -0.1) is 0 Å². The number of aromatic nitrogens is 1. The Morgan fingerprint density at radius 3 is 2.61 bits per heavy atom. The molecule has 0 saturated carbocycles. The summed E-state index contributed by atoms with van der Waals surface area (Å²) in [5.74, 6) is -0.0771. The molecule has 0 spiro atoms. The van der Waals surface area contributed by atoms with Crippen LogP contribution in [0, 0.1) is 13.8 Å². The molecule has 1 heterocycles. The Bertz CT molecular complexity index is 850. The molecule has 0 unspecified atom stereocenters. The fourth-order valence-electron chi connectivity index (χ4n) is 2.83. The number of fused-ring (bicyclic) bond motifs is 1. The third-order valence-electron chi connectivity index (χ3n) is 3.98. The van der Waals surface area contributed by atoms with Crippen LogP contribution in [0.4, 0.5) is 0 Å². The largest absolute Gasteiger partial charge is 0.489 e. The highest BCUT2D eigenvalue weighted by atomic mass is 16.5. The number of rotatable bonds is 5. The van der Waals surface area contributed by atoms with Crippen molar-refractivity contribution in [3.8, 4) is 5.75 Å². The molecule has 2 N–H and O–H groups in total. The van der Waals surface area contributed by atoms with Gasteiger partial charge in [-0.05, 0) is 42.7 Å². The lowest BCUT2D eigenvalue weighted by Crippen LogP contribution is -2.01. The number of carboxylic acids is 1. The predicted molar refractivity (Wildman–Crippen MR) is 89.9 cm³/mol. The normalized spacial score (nSPS) is 10.9. The summed E-state index contributed by atoms with van der Waals surface area (Å²) in [7, 11) is 0. The second-order valence-corrected chi connectivity index (χ2v) is 5.74. The molecule has 2 aromatic carbocycles. The van der Waals surface area contributed by atoms with E-state index in [1.807, 2.05) is 56.3 Å². The minimum Gasteiger partial charge on any atom is -0.489 e. The molecule has 0 aliphatic carbocycles. The minimum atomic E-state index is -0.831. The van der Waals surface area contributed by atoms with Gasteiger partial charge in [0.15, 0.2) is 0 Å². The average Bonchev–Trinajstić information content (AvgIpc) is 2.83. The highest BCUT2D eigenvalue weighted by molar-refractivity contribution is 5.91. The molecule has 23 heavy (non-hydrogen) atoms. The maximum atomic E-state index is 11.1. The van der Waals surface area contributed by atoms with Crippen molar-refractivity contribution in [2.75, 3.05) is 0 Å². The average molecular weight is 309 g/mol. The first-order valence-electron chi connectivity index (χ1n) is 7.55. The molecule has 118 valence electrons. The van der Waals surface area contributed by atoms with Crippen molar-refractivity contribution in [3.63, 3.8) is 0 Å². The fourth-order valence-corrected chi connectivity index (χ4v) is 2.83. The van der Waals surface area contributed by atoms with Crippen LogP contribution in [0.5, 0.6) is 5.75 Å². The van der Waals surface area contributed by atoms with Gasteiger partial charge in [0.2, 0.25) is 0 Å². The summed E-state index contributed by atoms with van der Waals surface area (Å²) < 4.78 is 5.89. The first-order chi connectivity index (χ1) is 11.0. The maximum absolute atomic E-state index is 11.1. The van der Waals surface area contributed by atoms with Crippen molar-refractivity contribution in [2.45, 2.75) is 26.9 Å². The Morgan fingerprint density at radius 1 is 1.17 bits per heavy atom. The van der Waals surface area contributed by atoms with Gasteiger partial charge in [0.05, 0.1) is 6.42 Å². The SMILES string of the molecule is Cc1[nH]c2c(C)cc(OCc3ccccc3)cc2c1CC(=O)O. The number of H-pyrrole nitrogens is 1. The molecule has 0 amide bonds. The van der Waals surface area contributed by atoms with Crippen molar-refractivity contribution in [1.29, 1.82) is 0 Å². The van der Waals surface area contributed by atoms with Gasteiger partial charge in [0.25, 0.3) is 0 Å². The quantitative estimate of drug-likeness (QED) is 0.749. The Hall–Kier alpha value is -2.75. The fraction of sp³-hybridized carbons (Fsp3) is 0.211. The number of aliphatic carboxylic acids is 1. The van der Waals surface area contributed by atoms with Gasteiger partial charge in [0.1, 0.15) is 12.4 Å². The number of benzene rings is 2. The highest BCUT2D eigenvalue weighted by Gasteiger charge is 2.14. The lowest BCUT2D eigenvalue weighted by molar-refractivity contribution is -0.136. The van der Waals surface area contributed by atoms with Crippen molar-refractivity contribution >= 4 is 16.9 Å². The van der Waals surface area contributed by atoms with Crippen molar-refractivity contribution in [2.24, 2.45) is 0 Å². The topological polar surface area (TPSA) is 62.3 Å². The Kier molecular flexibility index (Phi) is 4.06.